The molecular weight excluding hydrogens is 881 g/mol. The maximum Gasteiger partial charge on any atom is 0.340 e. The number of nitrogens with zero attached hydrogens (tertiary/aromatic N) is 1. The van der Waals surface area contributed by atoms with Crippen molar-refractivity contribution in [3.63, 3.8) is 0 Å². The number of nitrogens with one attached hydrogen (secondary N) is 6. The fourth-order valence-corrected chi connectivity index (χ4v) is 8.40. The Labute approximate surface area is 383 Å². The van der Waals surface area contributed by atoms with E-state index in [2.05, 4.69) is 31.9 Å². The van der Waals surface area contributed by atoms with Crippen molar-refractivity contribution in [3.05, 3.63) is 76.9 Å². The van der Waals surface area contributed by atoms with Crippen molar-refractivity contribution in [1.29, 1.82) is 0 Å². The van der Waals surface area contributed by atoms with Crippen LogP contribution in [0.1, 0.15) is 84.8 Å². The summed E-state index contributed by atoms with van der Waals surface area (Å²) in [7, 11) is 1.43. The van der Waals surface area contributed by atoms with Crippen molar-refractivity contribution in [2.24, 2.45) is 5.73 Å². The summed E-state index contributed by atoms with van der Waals surface area (Å²) in [6, 6.07) is 9.59. The van der Waals surface area contributed by atoms with Crippen LogP contribution in [0.15, 0.2) is 54.6 Å². The molecule has 0 bridgehead atoms. The third-order valence-corrected chi connectivity index (χ3v) is 11.6. The Hall–Kier alpha value is -7.49. The van der Waals surface area contributed by atoms with Crippen molar-refractivity contribution in [2.75, 3.05) is 32.0 Å². The predicted octanol–water partition coefficient (Wildman–Crippen LogP) is 1.71. The molecule has 0 saturated carbocycles. The lowest BCUT2D eigenvalue weighted by Gasteiger charge is -2.36. The minimum absolute atomic E-state index is 0.0279. The molecule has 6 rings (SSSR count). The number of anilines is 1. The number of hydrogen-bond acceptors (Lipinski definition) is 13. The van der Waals surface area contributed by atoms with Gasteiger partial charge < -0.3 is 67.3 Å². The zero-order valence-corrected chi connectivity index (χ0v) is 36.6. The van der Waals surface area contributed by atoms with Crippen molar-refractivity contribution in [2.45, 2.75) is 81.5 Å². The quantitative estimate of drug-likeness (QED) is 0.0465. The summed E-state index contributed by atoms with van der Waals surface area (Å²) in [4.78, 5) is 103. The highest BCUT2D eigenvalue weighted by Crippen LogP contribution is 2.57. The highest BCUT2D eigenvalue weighted by Gasteiger charge is 2.54. The summed E-state index contributed by atoms with van der Waals surface area (Å²) in [5, 5.41) is 45.9. The number of ketones is 1. The van der Waals surface area contributed by atoms with Crippen molar-refractivity contribution >= 4 is 70.4 Å². The Bertz CT molecular complexity index is 2400. The number of nitrogens with two attached hydrogens (primary N) is 1. The standard InChI is InChI=1S/C44H50N8O13S/c1-46-36(56)14-13-33(55)30(4-2-17-47-42(45)63)51-39(60)32-5-3-19-52(32)40(61)31(12-15-38(58)59)50-37(57)16-18-48-43(66)49-23-6-9-27-26(20-23)41(62)65-44(27)28-10-7-24(53)21-34(28)64-35-22-25(54)8-11-29(35)44/h6-11,20-22,30-32,53-54H,2-5,12-19H2,1H3,(H,46,56)(H,50,57)(H,51,60)(H,58,59)(H3,45,47,63)(H2,48,49,66)/t30-,31-,32-/m0/s1. The predicted molar refractivity (Wildman–Crippen MR) is 237 cm³/mol. The second-order valence-electron chi connectivity index (χ2n) is 15.8. The highest BCUT2D eigenvalue weighted by molar-refractivity contribution is 7.80. The number of phenols is 2. The maximum atomic E-state index is 13.9. The third-order valence-electron chi connectivity index (χ3n) is 11.3. The number of thiocarbonyl (C=S) groups is 1. The normalized spacial score (nSPS) is 15.9. The van der Waals surface area contributed by atoms with Gasteiger partial charge in [-0.25, -0.2) is 9.59 Å². The number of esters is 1. The van der Waals surface area contributed by atoms with Gasteiger partial charge in [-0.1, -0.05) is 6.07 Å². The number of ether oxygens (including phenoxy) is 2. The monoisotopic (exact) mass is 930 g/mol. The van der Waals surface area contributed by atoms with Gasteiger partial charge >= 0.3 is 18.0 Å². The molecule has 3 atom stereocenters. The fourth-order valence-electron chi connectivity index (χ4n) is 8.18. The largest absolute Gasteiger partial charge is 0.508 e. The number of amides is 6. The molecule has 1 saturated heterocycles. The number of aliphatic carboxylic acids is 1. The lowest BCUT2D eigenvalue weighted by molar-refractivity contribution is -0.143. The van der Waals surface area contributed by atoms with Crippen LogP contribution >= 0.6 is 12.2 Å². The van der Waals surface area contributed by atoms with Gasteiger partial charge in [-0.05, 0) is 80.7 Å². The number of carbonyl (C=O) groups is 8. The van der Waals surface area contributed by atoms with E-state index in [4.69, 9.17) is 27.4 Å². The third kappa shape index (κ3) is 11.1. The molecule has 21 nitrogen and oxygen atoms in total. The topological polar surface area (TPSA) is 317 Å². The molecular formula is C44H50N8O13S. The molecule has 66 heavy (non-hydrogen) atoms. The van der Waals surface area contributed by atoms with Crippen LogP contribution in [0.25, 0.3) is 0 Å². The zero-order chi connectivity index (χ0) is 47.7. The van der Waals surface area contributed by atoms with E-state index < -0.39 is 71.6 Å². The molecule has 22 heteroatoms. The van der Waals surface area contributed by atoms with Gasteiger partial charge in [0.2, 0.25) is 23.6 Å². The van der Waals surface area contributed by atoms with Gasteiger partial charge in [0.15, 0.2) is 16.5 Å². The maximum absolute atomic E-state index is 13.9. The van der Waals surface area contributed by atoms with Crippen LogP contribution < -0.4 is 42.4 Å². The number of Topliss-reactive ketones (excluding diaryl/α,β-unsaturated/α-hetero) is 1. The average molecular weight is 931 g/mol. The summed E-state index contributed by atoms with van der Waals surface area (Å²) in [5.74, 6) is -4.31. The van der Waals surface area contributed by atoms with Gasteiger partial charge in [-0.2, -0.15) is 0 Å². The molecule has 3 aromatic carbocycles. The second kappa shape index (κ2) is 21.0. The number of fused-ring (bicyclic) bond motifs is 6. The first-order valence-electron chi connectivity index (χ1n) is 21.2. The van der Waals surface area contributed by atoms with E-state index in [1.807, 2.05) is 0 Å². The summed E-state index contributed by atoms with van der Waals surface area (Å²) in [6.07, 6.45) is -0.227. The number of rotatable bonds is 19. The molecule has 6 amide bonds. The second-order valence-corrected chi connectivity index (χ2v) is 16.2. The van der Waals surface area contributed by atoms with Crippen LogP contribution in [0, 0.1) is 0 Å². The Balaban J connectivity index is 1.06. The number of benzene rings is 3. The molecule has 3 aromatic rings. The Kier molecular flexibility index (Phi) is 15.3. The van der Waals surface area contributed by atoms with Gasteiger partial charge in [0.05, 0.1) is 11.6 Å². The number of carboxylic acid groups (broad SMARTS) is 1. The molecule has 3 heterocycles. The Morgan fingerprint density at radius 2 is 1.52 bits per heavy atom. The highest BCUT2D eigenvalue weighted by atomic mass is 32.1. The minimum atomic E-state index is -1.46. The smallest absolute Gasteiger partial charge is 0.340 e. The van der Waals surface area contributed by atoms with Crippen LogP contribution in [0.4, 0.5) is 10.5 Å². The van der Waals surface area contributed by atoms with E-state index in [9.17, 15) is 53.7 Å². The molecule has 11 N–H and O–H groups in total. The number of primary amides is 1. The van der Waals surface area contributed by atoms with E-state index in [0.717, 1.165) is 0 Å². The molecule has 0 radical (unpaired) electrons. The van der Waals surface area contributed by atoms with E-state index >= 15 is 0 Å². The number of phenolic OH excluding ortho intramolecular Hbond substituents is 2. The lowest BCUT2D eigenvalue weighted by Crippen LogP contribution is -2.55. The van der Waals surface area contributed by atoms with E-state index in [1.165, 1.54) is 36.2 Å². The van der Waals surface area contributed by atoms with E-state index in [1.54, 1.807) is 30.3 Å². The lowest BCUT2D eigenvalue weighted by atomic mass is 9.77. The molecule has 1 spiro atoms. The number of hydrogen-bond donors (Lipinski definition) is 10. The summed E-state index contributed by atoms with van der Waals surface area (Å²) < 4.78 is 12.1. The van der Waals surface area contributed by atoms with Gasteiger partial charge in [-0.3, -0.25) is 28.8 Å². The SMILES string of the molecule is CNC(=O)CCC(=O)[C@H](CCCNC(N)=O)NC(=O)[C@@H]1CCCN1C(=O)[C@H](CCC(=O)O)NC(=O)CCNC(=S)Nc1ccc2c(c1)C(=O)OC21c2ccc(O)cc2Oc2cc(O)ccc21. The number of carbonyl (C=O) groups excluding carboxylic acids is 7. The molecule has 0 unspecified atom stereocenters. The number of likely N-dealkylation sites (tertiary alicyclic amines) is 1. The van der Waals surface area contributed by atoms with Crippen LogP contribution in [0.5, 0.6) is 23.0 Å². The fraction of sp³-hybridized carbons (Fsp3) is 0.386. The molecule has 3 aliphatic heterocycles. The molecule has 0 aromatic heterocycles. The molecule has 0 aliphatic carbocycles. The van der Waals surface area contributed by atoms with E-state index in [0.29, 0.717) is 28.8 Å². The molecule has 3 aliphatic rings. The first-order chi connectivity index (χ1) is 31.5. The zero-order valence-electron chi connectivity index (χ0n) is 35.8. The number of urea groups is 1. The first-order valence-corrected chi connectivity index (χ1v) is 21.6. The summed E-state index contributed by atoms with van der Waals surface area (Å²) in [5.41, 5.74) is 5.66. The summed E-state index contributed by atoms with van der Waals surface area (Å²) >= 11 is 5.46. The Morgan fingerprint density at radius 3 is 2.17 bits per heavy atom. The van der Waals surface area contributed by atoms with E-state index in [-0.39, 0.29) is 104 Å². The number of carboxylic acids is 1. The van der Waals surface area contributed by atoms with Gasteiger partial charge in [0.25, 0.3) is 0 Å². The number of aromatic hydroxyl groups is 2. The van der Waals surface area contributed by atoms with Crippen molar-refractivity contribution in [1.82, 2.24) is 31.5 Å². The van der Waals surface area contributed by atoms with Crippen LogP contribution in [-0.4, -0.2) is 118 Å². The minimum Gasteiger partial charge on any atom is -0.508 e. The first kappa shape index (κ1) is 48.0. The van der Waals surface area contributed by atoms with Gasteiger partial charge in [0.1, 0.15) is 35.1 Å². The van der Waals surface area contributed by atoms with Crippen LogP contribution in [-0.2, 0) is 39.1 Å². The van der Waals surface area contributed by atoms with Crippen LogP contribution in [0.2, 0.25) is 0 Å². The van der Waals surface area contributed by atoms with Crippen molar-refractivity contribution in [3.8, 4) is 23.0 Å². The summed E-state index contributed by atoms with van der Waals surface area (Å²) in [6.45, 7) is 0.223. The Morgan fingerprint density at radius 1 is 0.833 bits per heavy atom. The van der Waals surface area contributed by atoms with Gasteiger partial charge in [0, 0.05) is 86.9 Å². The van der Waals surface area contributed by atoms with Crippen molar-refractivity contribution < 1.29 is 63.1 Å². The molecule has 350 valence electrons. The van der Waals surface area contributed by atoms with Gasteiger partial charge in [-0.15, -0.1) is 0 Å². The average Bonchev–Trinajstić information content (AvgIpc) is 3.88. The van der Waals surface area contributed by atoms with Crippen LogP contribution in [0.3, 0.4) is 0 Å². The molecule has 1 fully saturated rings.